The molecule has 4 aromatic rings. The van der Waals surface area contributed by atoms with Gasteiger partial charge in [0, 0.05) is 25.3 Å². The van der Waals surface area contributed by atoms with E-state index in [1.54, 1.807) is 0 Å². The van der Waals surface area contributed by atoms with Gasteiger partial charge in [0.2, 0.25) is 0 Å². The van der Waals surface area contributed by atoms with Gasteiger partial charge < -0.3 is 9.72 Å². The lowest BCUT2D eigenvalue weighted by atomic mass is 10.0. The highest BCUT2D eigenvalue weighted by molar-refractivity contribution is 5.83. The van der Waals surface area contributed by atoms with E-state index in [9.17, 15) is 4.79 Å². The van der Waals surface area contributed by atoms with E-state index < -0.39 is 0 Å². The van der Waals surface area contributed by atoms with Gasteiger partial charge in [0.1, 0.15) is 0 Å². The molecule has 0 aliphatic carbocycles. The highest BCUT2D eigenvalue weighted by Crippen LogP contribution is 2.20. The number of nitrogens with zero attached hydrogens (tertiary/aromatic N) is 5. The second-order valence-electron chi connectivity index (χ2n) is 9.45. The van der Waals surface area contributed by atoms with E-state index in [-0.39, 0.29) is 11.7 Å². The molecule has 1 N–H and O–H groups in total. The number of benzene rings is 2. The van der Waals surface area contributed by atoms with Gasteiger partial charge in [-0.25, -0.2) is 4.68 Å². The number of ether oxygens (including phenoxy) is 1. The lowest BCUT2D eigenvalue weighted by Crippen LogP contribution is -2.30. The minimum absolute atomic E-state index is 0.0464. The van der Waals surface area contributed by atoms with Crippen LogP contribution < -0.4 is 5.56 Å². The first-order valence-electron chi connectivity index (χ1n) is 12.3. The van der Waals surface area contributed by atoms with E-state index in [0.29, 0.717) is 19.6 Å². The highest BCUT2D eigenvalue weighted by atomic mass is 16.5. The lowest BCUT2D eigenvalue weighted by molar-refractivity contribution is 0.0916. The molecule has 1 saturated heterocycles. The summed E-state index contributed by atoms with van der Waals surface area (Å²) < 4.78 is 7.64. The SMILES string of the molecule is Cc1ccc2cc(CN(CCc3ccccc3)Cc3nnnn3CC3CCCO3)c(=O)[nH]c2c1C. The van der Waals surface area contributed by atoms with Crippen molar-refractivity contribution in [3.05, 3.63) is 87.0 Å². The standard InChI is InChI=1S/C27H32N6O2/c1-19-10-11-22-15-23(27(34)28-26(22)20(19)2)16-32(13-12-21-7-4-3-5-8-21)18-25-29-30-31-33(25)17-24-9-6-14-35-24/h3-5,7-8,10-11,15,24H,6,9,12-14,16-18H2,1-2H3,(H,28,34). The van der Waals surface area contributed by atoms with Crippen molar-refractivity contribution in [1.82, 2.24) is 30.1 Å². The monoisotopic (exact) mass is 472 g/mol. The fourth-order valence-electron chi connectivity index (χ4n) is 4.73. The molecule has 2 aromatic carbocycles. The number of tetrazole rings is 1. The van der Waals surface area contributed by atoms with Crippen LogP contribution in [0.15, 0.2) is 53.3 Å². The molecule has 3 heterocycles. The Morgan fingerprint density at radius 2 is 2.00 bits per heavy atom. The zero-order valence-corrected chi connectivity index (χ0v) is 20.4. The Bertz CT molecular complexity index is 1340. The normalized spacial score (nSPS) is 15.9. The minimum Gasteiger partial charge on any atom is -0.376 e. The molecule has 2 aromatic heterocycles. The number of nitrogens with one attached hydrogen (secondary N) is 1. The molecular formula is C27H32N6O2. The molecule has 0 radical (unpaired) electrons. The molecular weight excluding hydrogens is 440 g/mol. The molecule has 8 heteroatoms. The topological polar surface area (TPSA) is 88.9 Å². The maximum absolute atomic E-state index is 13.1. The second-order valence-corrected chi connectivity index (χ2v) is 9.45. The fraction of sp³-hybridized carbons (Fsp3) is 0.407. The molecule has 0 spiro atoms. The molecule has 0 amide bonds. The quantitative estimate of drug-likeness (QED) is 0.401. The van der Waals surface area contributed by atoms with Crippen molar-refractivity contribution in [3.63, 3.8) is 0 Å². The van der Waals surface area contributed by atoms with Crippen molar-refractivity contribution in [3.8, 4) is 0 Å². The van der Waals surface area contributed by atoms with Crippen molar-refractivity contribution >= 4 is 10.9 Å². The van der Waals surface area contributed by atoms with E-state index in [1.807, 2.05) is 23.7 Å². The van der Waals surface area contributed by atoms with Gasteiger partial charge in [0.25, 0.3) is 5.56 Å². The van der Waals surface area contributed by atoms with E-state index in [0.717, 1.165) is 60.3 Å². The van der Waals surface area contributed by atoms with Gasteiger partial charge in [-0.3, -0.25) is 9.69 Å². The summed E-state index contributed by atoms with van der Waals surface area (Å²) in [5.74, 6) is 0.789. The van der Waals surface area contributed by atoms with Gasteiger partial charge in [-0.2, -0.15) is 0 Å². The van der Waals surface area contributed by atoms with Crippen molar-refractivity contribution in [2.75, 3.05) is 13.2 Å². The second kappa shape index (κ2) is 10.5. The van der Waals surface area contributed by atoms with Gasteiger partial charge in [0.05, 0.1) is 24.7 Å². The molecule has 1 aliphatic rings. The molecule has 35 heavy (non-hydrogen) atoms. The van der Waals surface area contributed by atoms with Crippen LogP contribution in [-0.4, -0.2) is 49.3 Å². The molecule has 0 bridgehead atoms. The summed E-state index contributed by atoms with van der Waals surface area (Å²) in [6.45, 7) is 7.41. The molecule has 1 atom stereocenters. The summed E-state index contributed by atoms with van der Waals surface area (Å²) in [7, 11) is 0. The number of hydrogen-bond acceptors (Lipinski definition) is 6. The third-order valence-electron chi connectivity index (χ3n) is 6.95. The van der Waals surface area contributed by atoms with Crippen molar-refractivity contribution in [1.29, 1.82) is 0 Å². The van der Waals surface area contributed by atoms with Crippen LogP contribution in [0.1, 0.15) is 40.9 Å². The third kappa shape index (κ3) is 5.49. The van der Waals surface area contributed by atoms with Gasteiger partial charge in [-0.15, -0.1) is 5.10 Å². The zero-order valence-electron chi connectivity index (χ0n) is 20.4. The van der Waals surface area contributed by atoms with E-state index in [1.165, 1.54) is 11.1 Å². The Morgan fingerprint density at radius 1 is 1.14 bits per heavy atom. The maximum Gasteiger partial charge on any atom is 0.252 e. The zero-order chi connectivity index (χ0) is 24.2. The van der Waals surface area contributed by atoms with E-state index in [4.69, 9.17) is 4.74 Å². The first-order chi connectivity index (χ1) is 17.1. The average molecular weight is 473 g/mol. The number of H-pyrrole nitrogens is 1. The number of pyridine rings is 1. The molecule has 8 nitrogen and oxygen atoms in total. The van der Waals surface area contributed by atoms with Crippen LogP contribution in [0.2, 0.25) is 0 Å². The minimum atomic E-state index is -0.0464. The third-order valence-corrected chi connectivity index (χ3v) is 6.95. The van der Waals surface area contributed by atoms with Crippen LogP contribution in [-0.2, 0) is 30.8 Å². The predicted molar refractivity (Wildman–Crippen MR) is 135 cm³/mol. The van der Waals surface area contributed by atoms with Crippen molar-refractivity contribution in [2.24, 2.45) is 0 Å². The molecule has 1 fully saturated rings. The molecule has 1 aliphatic heterocycles. The summed E-state index contributed by atoms with van der Waals surface area (Å²) in [5, 5.41) is 13.5. The Morgan fingerprint density at radius 3 is 2.80 bits per heavy atom. The number of aryl methyl sites for hydroxylation is 2. The molecule has 182 valence electrons. The van der Waals surface area contributed by atoms with Crippen LogP contribution in [0.4, 0.5) is 0 Å². The summed E-state index contributed by atoms with van der Waals surface area (Å²) in [5.41, 5.74) is 5.15. The average Bonchev–Trinajstić information content (AvgIpc) is 3.54. The van der Waals surface area contributed by atoms with Crippen LogP contribution >= 0.6 is 0 Å². The smallest absolute Gasteiger partial charge is 0.252 e. The summed E-state index contributed by atoms with van der Waals surface area (Å²) in [6.07, 6.45) is 3.14. The van der Waals surface area contributed by atoms with Gasteiger partial charge in [-0.05, 0) is 71.7 Å². The van der Waals surface area contributed by atoms with E-state index >= 15 is 0 Å². The van der Waals surface area contributed by atoms with Crippen LogP contribution in [0.5, 0.6) is 0 Å². The highest BCUT2D eigenvalue weighted by Gasteiger charge is 2.20. The van der Waals surface area contributed by atoms with Crippen molar-refractivity contribution < 1.29 is 4.74 Å². The fourth-order valence-corrected chi connectivity index (χ4v) is 4.73. The Balaban J connectivity index is 1.39. The Kier molecular flexibility index (Phi) is 7.01. The van der Waals surface area contributed by atoms with Crippen LogP contribution in [0.25, 0.3) is 10.9 Å². The molecule has 1 unspecified atom stereocenters. The lowest BCUT2D eigenvalue weighted by Gasteiger charge is -2.22. The largest absolute Gasteiger partial charge is 0.376 e. The number of rotatable bonds is 9. The van der Waals surface area contributed by atoms with Gasteiger partial charge in [0.15, 0.2) is 5.82 Å². The molecule has 0 saturated carbocycles. The Labute approximate surface area is 204 Å². The maximum atomic E-state index is 13.1. The summed E-state index contributed by atoms with van der Waals surface area (Å²) in [4.78, 5) is 18.4. The number of hydrogen-bond donors (Lipinski definition) is 1. The number of aromatic amines is 1. The first-order valence-corrected chi connectivity index (χ1v) is 12.3. The summed E-state index contributed by atoms with van der Waals surface area (Å²) >= 11 is 0. The van der Waals surface area contributed by atoms with Crippen molar-refractivity contribution in [2.45, 2.75) is 58.8 Å². The van der Waals surface area contributed by atoms with Gasteiger partial charge in [-0.1, -0.05) is 42.5 Å². The number of aromatic nitrogens is 5. The Hall–Kier alpha value is -3.36. The predicted octanol–water partition coefficient (Wildman–Crippen LogP) is 3.56. The summed E-state index contributed by atoms with van der Waals surface area (Å²) in [6, 6.07) is 16.6. The van der Waals surface area contributed by atoms with Crippen LogP contribution in [0.3, 0.4) is 0 Å². The van der Waals surface area contributed by atoms with Gasteiger partial charge >= 0.3 is 0 Å². The van der Waals surface area contributed by atoms with Crippen LogP contribution in [0, 0.1) is 13.8 Å². The molecule has 5 rings (SSSR count). The van der Waals surface area contributed by atoms with E-state index in [2.05, 4.69) is 68.7 Å². The number of fused-ring (bicyclic) bond motifs is 1. The first kappa shape index (κ1) is 23.4.